The van der Waals surface area contributed by atoms with Gasteiger partial charge in [0, 0.05) is 55.9 Å². The zero-order valence-electron chi connectivity index (χ0n) is 18.1. The van der Waals surface area contributed by atoms with Crippen LogP contribution in [0.1, 0.15) is 30.9 Å². The van der Waals surface area contributed by atoms with E-state index in [1.807, 2.05) is 16.7 Å². The molecule has 5 nitrogen and oxygen atoms in total. The predicted molar refractivity (Wildman–Crippen MR) is 123 cm³/mol. The van der Waals surface area contributed by atoms with Crippen molar-refractivity contribution in [2.75, 3.05) is 37.6 Å². The van der Waals surface area contributed by atoms with Crippen molar-refractivity contribution in [2.45, 2.75) is 43.4 Å². The fourth-order valence-corrected chi connectivity index (χ4v) is 4.74. The summed E-state index contributed by atoms with van der Waals surface area (Å²) in [5.74, 6) is 0.131. The Bertz CT molecular complexity index is 892. The second kappa shape index (κ2) is 10.5. The van der Waals surface area contributed by atoms with Gasteiger partial charge in [0.15, 0.2) is 0 Å². The molecule has 2 aromatic carbocycles. The van der Waals surface area contributed by atoms with Crippen molar-refractivity contribution in [3.8, 4) is 0 Å². The maximum absolute atomic E-state index is 12.4. The van der Waals surface area contributed by atoms with Crippen LogP contribution in [-0.2, 0) is 9.59 Å². The first-order valence-corrected chi connectivity index (χ1v) is 11.4. The molecule has 0 unspecified atom stereocenters. The van der Waals surface area contributed by atoms with E-state index in [1.54, 1.807) is 0 Å². The number of hydrogen-bond donors (Lipinski definition) is 1. The first-order valence-electron chi connectivity index (χ1n) is 10.6. The summed E-state index contributed by atoms with van der Waals surface area (Å²) in [5, 5.41) is 2.75. The third kappa shape index (κ3) is 6.02. The van der Waals surface area contributed by atoms with Crippen molar-refractivity contribution in [1.29, 1.82) is 0 Å². The van der Waals surface area contributed by atoms with Crippen LogP contribution < -0.4 is 10.2 Å². The Hall–Kier alpha value is -2.47. The molecule has 0 spiro atoms. The number of para-hydroxylation sites is 1. The largest absolute Gasteiger partial charge is 0.367 e. The number of rotatable bonds is 7. The van der Waals surface area contributed by atoms with Gasteiger partial charge >= 0.3 is 0 Å². The van der Waals surface area contributed by atoms with Crippen molar-refractivity contribution in [2.24, 2.45) is 0 Å². The smallest absolute Gasteiger partial charge is 0.222 e. The lowest BCUT2D eigenvalue weighted by molar-refractivity contribution is -0.131. The van der Waals surface area contributed by atoms with Gasteiger partial charge in [0.1, 0.15) is 0 Å². The molecule has 0 atom stereocenters. The molecule has 30 heavy (non-hydrogen) atoms. The minimum Gasteiger partial charge on any atom is -0.367 e. The zero-order chi connectivity index (χ0) is 21.5. The average Bonchev–Trinajstić information content (AvgIpc) is 2.73. The van der Waals surface area contributed by atoms with E-state index < -0.39 is 0 Å². The molecule has 160 valence electrons. The van der Waals surface area contributed by atoms with Gasteiger partial charge in [-0.1, -0.05) is 41.6 Å². The molecule has 1 fully saturated rings. The highest BCUT2D eigenvalue weighted by Gasteiger charge is 2.22. The van der Waals surface area contributed by atoms with Gasteiger partial charge in [0.25, 0.3) is 0 Å². The molecule has 6 heteroatoms. The van der Waals surface area contributed by atoms with Crippen molar-refractivity contribution >= 4 is 29.3 Å². The third-order valence-corrected chi connectivity index (χ3v) is 6.57. The van der Waals surface area contributed by atoms with Crippen LogP contribution in [0.4, 0.5) is 5.69 Å². The predicted octanol–water partition coefficient (Wildman–Crippen LogP) is 4.02. The van der Waals surface area contributed by atoms with Gasteiger partial charge in [-0.15, -0.1) is 0 Å². The SMILES string of the molecule is CC(=O)NCCCC(=O)N1CCN(c2ccccc2Sc2ccc(C)cc2C)CC1. The highest BCUT2D eigenvalue weighted by atomic mass is 32.2. The highest BCUT2D eigenvalue weighted by molar-refractivity contribution is 7.99. The third-order valence-electron chi connectivity index (χ3n) is 5.33. The van der Waals surface area contributed by atoms with Crippen LogP contribution in [0, 0.1) is 13.8 Å². The molecular formula is C24H31N3O2S. The normalized spacial score (nSPS) is 14.0. The standard InChI is InChI=1S/C24H31N3O2S/c1-18-10-11-22(19(2)17-18)30-23-8-5-4-7-21(23)26-13-15-27(16-14-26)24(29)9-6-12-25-20(3)28/h4-5,7-8,10-11,17H,6,9,12-16H2,1-3H3,(H,25,28). The summed E-state index contributed by atoms with van der Waals surface area (Å²) in [7, 11) is 0. The van der Waals surface area contributed by atoms with Gasteiger partial charge in [-0.3, -0.25) is 9.59 Å². The minimum atomic E-state index is -0.0478. The van der Waals surface area contributed by atoms with E-state index in [1.165, 1.54) is 33.5 Å². The van der Waals surface area contributed by atoms with Crippen LogP contribution in [0.5, 0.6) is 0 Å². The molecule has 2 aromatic rings. The molecule has 1 N–H and O–H groups in total. The summed E-state index contributed by atoms with van der Waals surface area (Å²) < 4.78 is 0. The molecule has 0 saturated carbocycles. The summed E-state index contributed by atoms with van der Waals surface area (Å²) in [6.45, 7) is 9.48. The Morgan fingerprint density at radius 2 is 1.73 bits per heavy atom. The van der Waals surface area contributed by atoms with Crippen molar-refractivity contribution < 1.29 is 9.59 Å². The number of carbonyl (C=O) groups excluding carboxylic acids is 2. The monoisotopic (exact) mass is 425 g/mol. The summed E-state index contributed by atoms with van der Waals surface area (Å²) in [4.78, 5) is 30.2. The second-order valence-electron chi connectivity index (χ2n) is 7.79. The van der Waals surface area contributed by atoms with Gasteiger partial charge in [0.2, 0.25) is 11.8 Å². The van der Waals surface area contributed by atoms with E-state index in [0.717, 1.165) is 26.2 Å². The first kappa shape index (κ1) is 22.2. The number of hydrogen-bond acceptors (Lipinski definition) is 4. The summed E-state index contributed by atoms with van der Waals surface area (Å²) in [6, 6.07) is 15.1. The quantitative estimate of drug-likeness (QED) is 0.681. The number of piperazine rings is 1. The lowest BCUT2D eigenvalue weighted by Gasteiger charge is -2.37. The Balaban J connectivity index is 1.58. The van der Waals surface area contributed by atoms with E-state index >= 15 is 0 Å². The maximum atomic E-state index is 12.4. The number of nitrogens with zero attached hydrogens (tertiary/aromatic N) is 2. The Kier molecular flexibility index (Phi) is 7.80. The molecule has 1 saturated heterocycles. The molecule has 0 aliphatic carbocycles. The topological polar surface area (TPSA) is 52.7 Å². The Morgan fingerprint density at radius 3 is 2.43 bits per heavy atom. The molecule has 0 aromatic heterocycles. The van der Waals surface area contributed by atoms with Gasteiger partial charge in [-0.25, -0.2) is 0 Å². The summed E-state index contributed by atoms with van der Waals surface area (Å²) in [6.07, 6.45) is 1.17. The van der Waals surface area contributed by atoms with E-state index in [0.29, 0.717) is 19.4 Å². The number of amides is 2. The molecule has 1 heterocycles. The lowest BCUT2D eigenvalue weighted by Crippen LogP contribution is -2.49. The maximum Gasteiger partial charge on any atom is 0.222 e. The van der Waals surface area contributed by atoms with Crippen LogP contribution in [0.15, 0.2) is 52.3 Å². The Morgan fingerprint density at radius 1 is 1.00 bits per heavy atom. The van der Waals surface area contributed by atoms with Crippen LogP contribution in [-0.4, -0.2) is 49.4 Å². The van der Waals surface area contributed by atoms with Crippen LogP contribution >= 0.6 is 11.8 Å². The molecule has 3 rings (SSSR count). The average molecular weight is 426 g/mol. The molecule has 0 bridgehead atoms. The van der Waals surface area contributed by atoms with Gasteiger partial charge in [0.05, 0.1) is 5.69 Å². The fraction of sp³-hybridized carbons (Fsp3) is 0.417. The van der Waals surface area contributed by atoms with Crippen LogP contribution in [0.2, 0.25) is 0 Å². The van der Waals surface area contributed by atoms with Crippen molar-refractivity contribution in [1.82, 2.24) is 10.2 Å². The summed E-state index contributed by atoms with van der Waals surface area (Å²) in [5.41, 5.74) is 3.81. The zero-order valence-corrected chi connectivity index (χ0v) is 18.9. The van der Waals surface area contributed by atoms with E-state index in [4.69, 9.17) is 0 Å². The second-order valence-corrected chi connectivity index (χ2v) is 8.88. The number of anilines is 1. The Labute approximate surface area is 183 Å². The van der Waals surface area contributed by atoms with Gasteiger partial charge in [-0.2, -0.15) is 0 Å². The van der Waals surface area contributed by atoms with Crippen molar-refractivity contribution in [3.63, 3.8) is 0 Å². The van der Waals surface area contributed by atoms with Gasteiger partial charge < -0.3 is 15.1 Å². The lowest BCUT2D eigenvalue weighted by atomic mass is 10.2. The number of benzene rings is 2. The van der Waals surface area contributed by atoms with E-state index in [2.05, 4.69) is 66.5 Å². The van der Waals surface area contributed by atoms with Crippen LogP contribution in [0.25, 0.3) is 0 Å². The van der Waals surface area contributed by atoms with Crippen LogP contribution in [0.3, 0.4) is 0 Å². The number of aryl methyl sites for hydroxylation is 2. The molecule has 1 aliphatic rings. The molecular weight excluding hydrogens is 394 g/mol. The van der Waals surface area contributed by atoms with E-state index in [9.17, 15) is 9.59 Å². The number of nitrogens with one attached hydrogen (secondary N) is 1. The molecule has 1 aliphatic heterocycles. The molecule has 2 amide bonds. The first-order chi connectivity index (χ1) is 14.4. The molecule has 0 radical (unpaired) electrons. The van der Waals surface area contributed by atoms with Gasteiger partial charge in [-0.05, 0) is 44.0 Å². The fourth-order valence-electron chi connectivity index (χ4n) is 3.70. The highest BCUT2D eigenvalue weighted by Crippen LogP contribution is 2.37. The van der Waals surface area contributed by atoms with Crippen molar-refractivity contribution in [3.05, 3.63) is 53.6 Å². The van der Waals surface area contributed by atoms with E-state index in [-0.39, 0.29) is 11.8 Å². The number of carbonyl (C=O) groups is 2. The minimum absolute atomic E-state index is 0.0478. The summed E-state index contributed by atoms with van der Waals surface area (Å²) >= 11 is 1.81.